The number of nitrogens with zero attached hydrogens (tertiary/aromatic N) is 1. The highest BCUT2D eigenvalue weighted by Crippen LogP contribution is 2.11. The Kier molecular flexibility index (Phi) is 6.47. The number of aliphatic hydroxyl groups excluding tert-OH is 1. The molecule has 0 saturated carbocycles. The zero-order chi connectivity index (χ0) is 16.7. The van der Waals surface area contributed by atoms with Gasteiger partial charge >= 0.3 is 0 Å². The molecule has 1 rings (SSSR count). The van der Waals surface area contributed by atoms with Gasteiger partial charge < -0.3 is 15.3 Å². The van der Waals surface area contributed by atoms with Gasteiger partial charge in [-0.1, -0.05) is 0 Å². The molecule has 0 atom stereocenters. The van der Waals surface area contributed by atoms with Crippen LogP contribution < -0.4 is 5.32 Å². The van der Waals surface area contributed by atoms with Crippen molar-refractivity contribution < 1.29 is 19.5 Å². The average molecular weight is 304 g/mol. The molecule has 6 nitrogen and oxygen atoms in total. The predicted octanol–water partition coefficient (Wildman–Crippen LogP) is 1.22. The molecular formula is C16H20N2O4. The number of Topliss-reactive ketones (excluding diaryl/α,β-unsaturated/α-hetero) is 1. The second-order valence-electron chi connectivity index (χ2n) is 4.90. The number of hydrogen-bond acceptors (Lipinski definition) is 4. The Labute approximate surface area is 129 Å². The van der Waals surface area contributed by atoms with Gasteiger partial charge in [-0.3, -0.25) is 14.4 Å². The first-order valence-corrected chi connectivity index (χ1v) is 6.81. The van der Waals surface area contributed by atoms with Crippen molar-refractivity contribution in [2.75, 3.05) is 25.5 Å². The van der Waals surface area contributed by atoms with E-state index in [9.17, 15) is 14.4 Å². The number of rotatable bonds is 6. The van der Waals surface area contributed by atoms with Crippen molar-refractivity contribution in [2.24, 2.45) is 0 Å². The van der Waals surface area contributed by atoms with E-state index in [0.29, 0.717) is 11.3 Å². The van der Waals surface area contributed by atoms with Gasteiger partial charge in [0.1, 0.15) is 0 Å². The molecule has 118 valence electrons. The van der Waals surface area contributed by atoms with E-state index >= 15 is 0 Å². The van der Waals surface area contributed by atoms with Crippen molar-refractivity contribution in [1.29, 1.82) is 0 Å². The molecule has 0 unspecified atom stereocenters. The summed E-state index contributed by atoms with van der Waals surface area (Å²) in [5.41, 5.74) is 1.36. The molecule has 0 heterocycles. The summed E-state index contributed by atoms with van der Waals surface area (Å²) in [7, 11) is 1.54. The summed E-state index contributed by atoms with van der Waals surface area (Å²) in [5, 5.41) is 11.4. The third-order valence-corrected chi connectivity index (χ3v) is 3.06. The van der Waals surface area contributed by atoms with E-state index in [1.807, 2.05) is 0 Å². The molecule has 6 heteroatoms. The minimum absolute atomic E-state index is 0.0496. The number of carbonyl (C=O) groups excluding carboxylic acids is 3. The van der Waals surface area contributed by atoms with Crippen molar-refractivity contribution in [1.82, 2.24) is 4.90 Å². The van der Waals surface area contributed by atoms with Crippen LogP contribution in [0.2, 0.25) is 0 Å². The van der Waals surface area contributed by atoms with Crippen LogP contribution in [0.1, 0.15) is 24.2 Å². The smallest absolute Gasteiger partial charge is 0.251 e. The SMILES string of the molecule is CC(=O)c1ccc(NC(=O)/C(C)=C\C(=O)N(C)CCO)cc1. The van der Waals surface area contributed by atoms with Crippen LogP contribution in [-0.4, -0.2) is 47.8 Å². The van der Waals surface area contributed by atoms with E-state index in [1.54, 1.807) is 31.3 Å². The molecule has 1 aromatic carbocycles. The lowest BCUT2D eigenvalue weighted by Gasteiger charge is -2.13. The molecule has 0 fully saturated rings. The lowest BCUT2D eigenvalue weighted by Crippen LogP contribution is -2.28. The molecule has 2 amide bonds. The first kappa shape index (κ1) is 17.6. The number of anilines is 1. The lowest BCUT2D eigenvalue weighted by molar-refractivity contribution is -0.125. The molecule has 22 heavy (non-hydrogen) atoms. The van der Waals surface area contributed by atoms with E-state index in [0.717, 1.165) is 0 Å². The van der Waals surface area contributed by atoms with Gasteiger partial charge in [0.2, 0.25) is 5.91 Å². The molecule has 1 aromatic rings. The van der Waals surface area contributed by atoms with Gasteiger partial charge in [-0.25, -0.2) is 0 Å². The zero-order valence-electron chi connectivity index (χ0n) is 12.9. The van der Waals surface area contributed by atoms with Gasteiger partial charge in [0.15, 0.2) is 5.78 Å². The number of amides is 2. The average Bonchev–Trinajstić information content (AvgIpc) is 2.47. The fraction of sp³-hybridized carbons (Fsp3) is 0.312. The Morgan fingerprint density at radius 1 is 1.18 bits per heavy atom. The number of hydrogen-bond donors (Lipinski definition) is 2. The van der Waals surface area contributed by atoms with Crippen molar-refractivity contribution in [3.05, 3.63) is 41.5 Å². The second kappa shape index (κ2) is 8.09. The topological polar surface area (TPSA) is 86.7 Å². The van der Waals surface area contributed by atoms with E-state index in [1.165, 1.54) is 24.8 Å². The van der Waals surface area contributed by atoms with Crippen LogP contribution in [0.4, 0.5) is 5.69 Å². The van der Waals surface area contributed by atoms with Crippen molar-refractivity contribution in [2.45, 2.75) is 13.8 Å². The van der Waals surface area contributed by atoms with Crippen LogP contribution in [0.3, 0.4) is 0 Å². The van der Waals surface area contributed by atoms with Crippen LogP contribution in [0.25, 0.3) is 0 Å². The fourth-order valence-corrected chi connectivity index (χ4v) is 1.64. The maximum Gasteiger partial charge on any atom is 0.251 e. The predicted molar refractivity (Wildman–Crippen MR) is 83.6 cm³/mol. The summed E-state index contributed by atoms with van der Waals surface area (Å²) >= 11 is 0. The summed E-state index contributed by atoms with van der Waals surface area (Å²) in [6, 6.07) is 6.50. The van der Waals surface area contributed by atoms with Gasteiger partial charge in [0.05, 0.1) is 6.61 Å². The van der Waals surface area contributed by atoms with Crippen molar-refractivity contribution in [3.63, 3.8) is 0 Å². The van der Waals surface area contributed by atoms with E-state index in [2.05, 4.69) is 5.32 Å². The summed E-state index contributed by atoms with van der Waals surface area (Å²) in [4.78, 5) is 36.2. The van der Waals surface area contributed by atoms with Gasteiger partial charge in [-0.05, 0) is 38.1 Å². The van der Waals surface area contributed by atoms with Crippen LogP contribution in [0.15, 0.2) is 35.9 Å². The minimum atomic E-state index is -0.402. The van der Waals surface area contributed by atoms with E-state index < -0.39 is 5.91 Å². The molecule has 0 spiro atoms. The summed E-state index contributed by atoms with van der Waals surface area (Å²) in [6.07, 6.45) is 1.22. The Bertz CT molecular complexity index is 591. The Balaban J connectivity index is 2.71. The van der Waals surface area contributed by atoms with Crippen LogP contribution >= 0.6 is 0 Å². The summed E-state index contributed by atoms with van der Waals surface area (Å²) in [5.74, 6) is -0.804. The molecular weight excluding hydrogens is 284 g/mol. The molecule has 0 aliphatic rings. The standard InChI is InChI=1S/C16H20N2O4/c1-11(10-15(21)18(3)8-9-19)16(22)17-14-6-4-13(5-7-14)12(2)20/h4-7,10,19H,8-9H2,1-3H3,(H,17,22)/b11-10-. The lowest BCUT2D eigenvalue weighted by atomic mass is 10.1. The van der Waals surface area contributed by atoms with E-state index in [-0.39, 0.29) is 30.4 Å². The first-order valence-electron chi connectivity index (χ1n) is 6.81. The molecule has 0 aliphatic heterocycles. The normalized spacial score (nSPS) is 11.0. The number of aliphatic hydroxyl groups is 1. The second-order valence-corrected chi connectivity index (χ2v) is 4.90. The van der Waals surface area contributed by atoms with Crippen LogP contribution in [0.5, 0.6) is 0 Å². The minimum Gasteiger partial charge on any atom is -0.395 e. The number of carbonyl (C=O) groups is 3. The zero-order valence-corrected chi connectivity index (χ0v) is 12.9. The molecule has 0 bridgehead atoms. The maximum atomic E-state index is 12.0. The molecule has 0 radical (unpaired) electrons. The Hall–Kier alpha value is -2.47. The summed E-state index contributed by atoms with van der Waals surface area (Å²) in [6.45, 7) is 3.07. The van der Waals surface area contributed by atoms with Gasteiger partial charge in [-0.2, -0.15) is 0 Å². The van der Waals surface area contributed by atoms with Crippen molar-refractivity contribution >= 4 is 23.3 Å². The first-order chi connectivity index (χ1) is 10.3. The van der Waals surface area contributed by atoms with Crippen LogP contribution in [0, 0.1) is 0 Å². The molecule has 2 N–H and O–H groups in total. The molecule has 0 aromatic heterocycles. The number of benzene rings is 1. The monoisotopic (exact) mass is 304 g/mol. The number of ketones is 1. The third-order valence-electron chi connectivity index (χ3n) is 3.06. The fourth-order valence-electron chi connectivity index (χ4n) is 1.64. The highest BCUT2D eigenvalue weighted by Gasteiger charge is 2.10. The Morgan fingerprint density at radius 3 is 2.27 bits per heavy atom. The number of nitrogens with one attached hydrogen (secondary N) is 1. The molecule has 0 aliphatic carbocycles. The van der Waals surface area contributed by atoms with Gasteiger partial charge in [0.25, 0.3) is 5.91 Å². The summed E-state index contributed by atoms with van der Waals surface area (Å²) < 4.78 is 0. The number of likely N-dealkylation sites (N-methyl/N-ethyl adjacent to an activating group) is 1. The third kappa shape index (κ3) is 5.14. The molecule has 0 saturated heterocycles. The maximum absolute atomic E-state index is 12.0. The van der Waals surface area contributed by atoms with Crippen LogP contribution in [-0.2, 0) is 9.59 Å². The van der Waals surface area contributed by atoms with Gasteiger partial charge in [-0.15, -0.1) is 0 Å². The van der Waals surface area contributed by atoms with E-state index in [4.69, 9.17) is 5.11 Å². The highest BCUT2D eigenvalue weighted by atomic mass is 16.3. The largest absolute Gasteiger partial charge is 0.395 e. The van der Waals surface area contributed by atoms with Crippen molar-refractivity contribution in [3.8, 4) is 0 Å². The highest BCUT2D eigenvalue weighted by molar-refractivity contribution is 6.07. The van der Waals surface area contributed by atoms with Gasteiger partial charge in [0, 0.05) is 36.5 Å². The Morgan fingerprint density at radius 2 is 1.77 bits per heavy atom. The quantitative estimate of drug-likeness (QED) is 0.611.